The van der Waals surface area contributed by atoms with Gasteiger partial charge in [0.1, 0.15) is 5.82 Å². The van der Waals surface area contributed by atoms with Gasteiger partial charge in [-0.25, -0.2) is 4.39 Å². The van der Waals surface area contributed by atoms with Gasteiger partial charge in [0.25, 0.3) is 0 Å². The van der Waals surface area contributed by atoms with Gasteiger partial charge in [0.05, 0.1) is 12.1 Å². The minimum absolute atomic E-state index is 0.0318. The van der Waals surface area contributed by atoms with Crippen LogP contribution in [0.15, 0.2) is 42.5 Å². The maximum absolute atomic E-state index is 13.4. The second kappa shape index (κ2) is 5.32. The van der Waals surface area contributed by atoms with E-state index in [1.54, 1.807) is 24.3 Å². The third-order valence-corrected chi connectivity index (χ3v) is 3.63. The Labute approximate surface area is 128 Å². The van der Waals surface area contributed by atoms with Crippen LogP contribution in [0.1, 0.15) is 5.56 Å². The number of aromatic nitrogens is 1. The number of halogens is 5. The van der Waals surface area contributed by atoms with Crippen LogP contribution in [0, 0.1) is 5.82 Å². The fraction of sp³-hybridized carbons (Fsp3) is 0.125. The molecule has 3 aromatic rings. The summed E-state index contributed by atoms with van der Waals surface area (Å²) in [4.78, 5) is 2.94. The largest absolute Gasteiger partial charge is 0.393 e. The molecule has 0 aliphatic carbocycles. The summed E-state index contributed by atoms with van der Waals surface area (Å²) < 4.78 is 52.0. The molecule has 0 amide bonds. The molecule has 0 saturated carbocycles. The number of hydrogen-bond acceptors (Lipinski definition) is 0. The zero-order valence-corrected chi connectivity index (χ0v) is 11.9. The summed E-state index contributed by atoms with van der Waals surface area (Å²) in [7, 11) is 0. The number of fused-ring (bicyclic) bond motifs is 1. The molecule has 3 rings (SSSR count). The second-order valence-corrected chi connectivity index (χ2v) is 5.40. The van der Waals surface area contributed by atoms with E-state index in [4.69, 9.17) is 11.6 Å². The minimum atomic E-state index is -4.39. The third-order valence-electron chi connectivity index (χ3n) is 3.38. The predicted octanol–water partition coefficient (Wildman–Crippen LogP) is 5.73. The number of benzene rings is 2. The van der Waals surface area contributed by atoms with E-state index in [1.807, 2.05) is 0 Å². The molecule has 1 heterocycles. The molecule has 2 aromatic carbocycles. The van der Waals surface area contributed by atoms with E-state index in [2.05, 4.69) is 4.98 Å². The third kappa shape index (κ3) is 2.95. The first-order valence-electron chi connectivity index (χ1n) is 6.46. The summed E-state index contributed by atoms with van der Waals surface area (Å²) in [6.45, 7) is 0. The number of hydrogen-bond donors (Lipinski definition) is 1. The molecule has 0 bridgehead atoms. The maximum Gasteiger partial charge on any atom is 0.393 e. The van der Waals surface area contributed by atoms with Crippen LogP contribution in [0.3, 0.4) is 0 Å². The standard InChI is InChI=1S/C16H10ClF4N/c17-10-3-1-9(2-4-10)15-13(8-16(19,20)21)12-7-11(18)5-6-14(12)22-15/h1-7,22H,8H2. The first-order chi connectivity index (χ1) is 10.3. The fourth-order valence-corrected chi connectivity index (χ4v) is 2.59. The summed E-state index contributed by atoms with van der Waals surface area (Å²) in [5.41, 5.74) is 1.39. The van der Waals surface area contributed by atoms with Crippen LogP contribution in [0.5, 0.6) is 0 Å². The number of alkyl halides is 3. The molecular formula is C16H10ClF4N. The molecule has 0 aliphatic rings. The van der Waals surface area contributed by atoms with Crippen molar-refractivity contribution in [2.75, 3.05) is 0 Å². The van der Waals surface area contributed by atoms with E-state index in [-0.39, 0.29) is 10.9 Å². The first-order valence-corrected chi connectivity index (χ1v) is 6.84. The number of rotatable bonds is 2. The van der Waals surface area contributed by atoms with Gasteiger partial charge in [-0.15, -0.1) is 0 Å². The van der Waals surface area contributed by atoms with Crippen LogP contribution in [0.2, 0.25) is 5.02 Å². The molecule has 1 nitrogen and oxygen atoms in total. The Balaban J connectivity index is 2.23. The van der Waals surface area contributed by atoms with Crippen molar-refractivity contribution in [3.05, 3.63) is 58.9 Å². The van der Waals surface area contributed by atoms with Gasteiger partial charge in [-0.05, 0) is 41.5 Å². The van der Waals surface area contributed by atoms with Crippen molar-refractivity contribution in [2.45, 2.75) is 12.6 Å². The molecule has 0 fully saturated rings. The molecule has 1 aromatic heterocycles. The van der Waals surface area contributed by atoms with E-state index >= 15 is 0 Å². The van der Waals surface area contributed by atoms with Crippen molar-refractivity contribution < 1.29 is 17.6 Å². The Kier molecular flexibility index (Phi) is 3.60. The highest BCUT2D eigenvalue weighted by Crippen LogP contribution is 2.35. The van der Waals surface area contributed by atoms with Crippen molar-refractivity contribution >= 4 is 22.5 Å². The van der Waals surface area contributed by atoms with Crippen LogP contribution in [-0.2, 0) is 6.42 Å². The van der Waals surface area contributed by atoms with Crippen molar-refractivity contribution in [2.24, 2.45) is 0 Å². The number of H-pyrrole nitrogens is 1. The zero-order chi connectivity index (χ0) is 15.9. The van der Waals surface area contributed by atoms with E-state index in [0.29, 0.717) is 21.8 Å². The average Bonchev–Trinajstić information content (AvgIpc) is 2.76. The fourth-order valence-electron chi connectivity index (χ4n) is 2.47. The van der Waals surface area contributed by atoms with Gasteiger partial charge in [-0.2, -0.15) is 13.2 Å². The monoisotopic (exact) mass is 327 g/mol. The molecule has 0 aliphatic heterocycles. The maximum atomic E-state index is 13.4. The highest BCUT2D eigenvalue weighted by atomic mass is 35.5. The van der Waals surface area contributed by atoms with Gasteiger partial charge >= 0.3 is 6.18 Å². The van der Waals surface area contributed by atoms with Gasteiger partial charge < -0.3 is 4.98 Å². The topological polar surface area (TPSA) is 15.8 Å². The normalized spacial score (nSPS) is 12.0. The first kappa shape index (κ1) is 14.9. The van der Waals surface area contributed by atoms with E-state index in [0.717, 1.165) is 6.07 Å². The molecular weight excluding hydrogens is 318 g/mol. The highest BCUT2D eigenvalue weighted by molar-refractivity contribution is 6.30. The van der Waals surface area contributed by atoms with Crippen molar-refractivity contribution in [3.8, 4) is 11.3 Å². The Morgan fingerprint density at radius 3 is 2.32 bits per heavy atom. The van der Waals surface area contributed by atoms with E-state index in [9.17, 15) is 17.6 Å². The van der Waals surface area contributed by atoms with Crippen LogP contribution in [-0.4, -0.2) is 11.2 Å². The summed E-state index contributed by atoms with van der Waals surface area (Å²) in [6, 6.07) is 10.2. The van der Waals surface area contributed by atoms with Crippen molar-refractivity contribution in [1.29, 1.82) is 0 Å². The molecule has 0 radical (unpaired) electrons. The van der Waals surface area contributed by atoms with Gasteiger partial charge in [0, 0.05) is 15.9 Å². The van der Waals surface area contributed by atoms with Gasteiger partial charge in [0.2, 0.25) is 0 Å². The lowest BCUT2D eigenvalue weighted by molar-refractivity contribution is -0.126. The van der Waals surface area contributed by atoms with Crippen LogP contribution < -0.4 is 0 Å². The summed E-state index contributed by atoms with van der Waals surface area (Å²) in [5.74, 6) is -0.572. The smallest absolute Gasteiger partial charge is 0.354 e. The van der Waals surface area contributed by atoms with Gasteiger partial charge in [-0.1, -0.05) is 23.7 Å². The quantitative estimate of drug-likeness (QED) is 0.578. The molecule has 6 heteroatoms. The lowest BCUT2D eigenvalue weighted by Crippen LogP contribution is -2.12. The number of aromatic amines is 1. The van der Waals surface area contributed by atoms with Crippen molar-refractivity contribution in [1.82, 2.24) is 4.98 Å². The molecule has 114 valence electrons. The lowest BCUT2D eigenvalue weighted by atomic mass is 10.0. The number of nitrogens with one attached hydrogen (secondary N) is 1. The van der Waals surface area contributed by atoms with Crippen LogP contribution in [0.4, 0.5) is 17.6 Å². The predicted molar refractivity (Wildman–Crippen MR) is 78.5 cm³/mol. The molecule has 0 spiro atoms. The van der Waals surface area contributed by atoms with Crippen LogP contribution >= 0.6 is 11.6 Å². The van der Waals surface area contributed by atoms with E-state index in [1.165, 1.54) is 12.1 Å². The van der Waals surface area contributed by atoms with Gasteiger partial charge in [-0.3, -0.25) is 0 Å². The SMILES string of the molecule is Fc1ccc2[nH]c(-c3ccc(Cl)cc3)c(CC(F)(F)F)c2c1. The average molecular weight is 328 g/mol. The zero-order valence-electron chi connectivity index (χ0n) is 11.1. The summed E-state index contributed by atoms with van der Waals surface area (Å²) in [6.07, 6.45) is -5.52. The molecule has 0 saturated heterocycles. The van der Waals surface area contributed by atoms with Crippen LogP contribution in [0.25, 0.3) is 22.2 Å². The van der Waals surface area contributed by atoms with Gasteiger partial charge in [0.15, 0.2) is 0 Å². The molecule has 0 atom stereocenters. The molecule has 0 unspecified atom stereocenters. The summed E-state index contributed by atoms with van der Waals surface area (Å²) in [5, 5.41) is 0.727. The summed E-state index contributed by atoms with van der Waals surface area (Å²) >= 11 is 5.81. The second-order valence-electron chi connectivity index (χ2n) is 4.97. The van der Waals surface area contributed by atoms with Crippen molar-refractivity contribution in [3.63, 3.8) is 0 Å². The lowest BCUT2D eigenvalue weighted by Gasteiger charge is -2.09. The minimum Gasteiger partial charge on any atom is -0.354 e. The Morgan fingerprint density at radius 2 is 1.68 bits per heavy atom. The Bertz CT molecular complexity index is 819. The molecule has 1 N–H and O–H groups in total. The van der Waals surface area contributed by atoms with E-state index < -0.39 is 18.4 Å². The Hall–Kier alpha value is -2.01. The molecule has 22 heavy (non-hydrogen) atoms. The Morgan fingerprint density at radius 1 is 1.00 bits per heavy atom. The highest BCUT2D eigenvalue weighted by Gasteiger charge is 2.31.